The topological polar surface area (TPSA) is 43.8 Å². The van der Waals surface area contributed by atoms with Gasteiger partial charge in [0.15, 0.2) is 0 Å². The van der Waals surface area contributed by atoms with E-state index < -0.39 is 5.82 Å². The normalized spacial score (nSPS) is 10.5. The monoisotopic (exact) mass is 251 g/mol. The van der Waals surface area contributed by atoms with E-state index in [1.165, 1.54) is 12.1 Å². The summed E-state index contributed by atoms with van der Waals surface area (Å²) in [5.74, 6) is -0.00606. The quantitative estimate of drug-likeness (QED) is 0.852. The first kappa shape index (κ1) is 11.7. The zero-order valence-corrected chi connectivity index (χ0v) is 9.78. The molecule has 5 heteroatoms. The average Bonchev–Trinajstić information content (AvgIpc) is 2.66. The van der Waals surface area contributed by atoms with Crippen LogP contribution in [-0.4, -0.2) is 9.55 Å². The molecule has 2 aromatic rings. The fourth-order valence-electron chi connectivity index (χ4n) is 1.54. The molecular formula is C12H11ClFN3. The molecule has 0 bridgehead atoms. The van der Waals surface area contributed by atoms with Crippen molar-refractivity contribution in [3.8, 4) is 11.3 Å². The Morgan fingerprint density at radius 2 is 2.29 bits per heavy atom. The van der Waals surface area contributed by atoms with Gasteiger partial charge in [-0.1, -0.05) is 23.7 Å². The van der Waals surface area contributed by atoms with Crippen molar-refractivity contribution in [2.24, 2.45) is 0 Å². The smallest absolute Gasteiger partial charge is 0.142 e. The minimum Gasteiger partial charge on any atom is -0.383 e. The molecule has 1 heterocycles. The number of hydrogen-bond acceptors (Lipinski definition) is 2. The van der Waals surface area contributed by atoms with Gasteiger partial charge in [0.2, 0.25) is 0 Å². The van der Waals surface area contributed by atoms with Crippen molar-refractivity contribution in [1.29, 1.82) is 0 Å². The van der Waals surface area contributed by atoms with Crippen molar-refractivity contribution >= 4 is 17.4 Å². The largest absolute Gasteiger partial charge is 0.383 e. The molecule has 0 aliphatic heterocycles. The maximum absolute atomic E-state index is 13.3. The fourth-order valence-corrected chi connectivity index (χ4v) is 1.66. The van der Waals surface area contributed by atoms with Gasteiger partial charge in [0.1, 0.15) is 17.3 Å². The average molecular weight is 252 g/mol. The molecule has 0 radical (unpaired) electrons. The summed E-state index contributed by atoms with van der Waals surface area (Å²) in [5.41, 5.74) is 7.05. The second-order valence-corrected chi connectivity index (χ2v) is 3.96. The van der Waals surface area contributed by atoms with Crippen molar-refractivity contribution in [3.05, 3.63) is 48.0 Å². The summed E-state index contributed by atoms with van der Waals surface area (Å²) in [6, 6.07) is 4.49. The van der Waals surface area contributed by atoms with E-state index in [1.54, 1.807) is 23.0 Å². The van der Waals surface area contributed by atoms with Crippen LogP contribution in [0.5, 0.6) is 0 Å². The van der Waals surface area contributed by atoms with E-state index in [0.29, 0.717) is 23.6 Å². The molecule has 0 saturated carbocycles. The van der Waals surface area contributed by atoms with E-state index in [2.05, 4.69) is 11.6 Å². The van der Waals surface area contributed by atoms with Crippen LogP contribution in [0.15, 0.2) is 37.2 Å². The van der Waals surface area contributed by atoms with Crippen LogP contribution in [0, 0.1) is 5.82 Å². The highest BCUT2D eigenvalue weighted by Gasteiger charge is 2.11. The molecule has 17 heavy (non-hydrogen) atoms. The summed E-state index contributed by atoms with van der Waals surface area (Å²) in [6.07, 6.45) is 3.31. The maximum Gasteiger partial charge on any atom is 0.142 e. The minimum atomic E-state index is -0.484. The highest BCUT2D eigenvalue weighted by molar-refractivity contribution is 6.30. The van der Waals surface area contributed by atoms with Crippen LogP contribution >= 0.6 is 11.6 Å². The molecule has 2 N–H and O–H groups in total. The number of rotatable bonds is 3. The molecule has 1 aromatic heterocycles. The lowest BCUT2D eigenvalue weighted by molar-refractivity contribution is 0.628. The number of halogens is 2. The summed E-state index contributed by atoms with van der Waals surface area (Å²) in [5, 5.41) is 0.0813. The first-order valence-electron chi connectivity index (χ1n) is 5.00. The Morgan fingerprint density at radius 1 is 1.53 bits per heavy atom. The van der Waals surface area contributed by atoms with E-state index in [1.807, 2.05) is 0 Å². The number of nitrogens with zero attached hydrogens (tertiary/aromatic N) is 2. The molecule has 2 rings (SSSR count). The number of benzene rings is 1. The summed E-state index contributed by atoms with van der Waals surface area (Å²) in [4.78, 5) is 4.16. The third-order valence-electron chi connectivity index (χ3n) is 2.40. The predicted molar refractivity (Wildman–Crippen MR) is 67.2 cm³/mol. The Kier molecular flexibility index (Phi) is 3.15. The molecular weight excluding hydrogens is 241 g/mol. The molecule has 0 amide bonds. The molecule has 0 atom stereocenters. The van der Waals surface area contributed by atoms with Gasteiger partial charge in [0.25, 0.3) is 0 Å². The Bertz CT molecular complexity index is 563. The Labute approximate surface area is 103 Å². The van der Waals surface area contributed by atoms with Gasteiger partial charge < -0.3 is 10.3 Å². The highest BCUT2D eigenvalue weighted by atomic mass is 35.5. The van der Waals surface area contributed by atoms with Crippen LogP contribution in [-0.2, 0) is 6.54 Å². The molecule has 0 saturated heterocycles. The number of nitrogen functional groups attached to an aromatic ring is 1. The molecule has 0 fully saturated rings. The summed E-state index contributed by atoms with van der Waals surface area (Å²) in [7, 11) is 0. The number of imidazole rings is 1. The van der Waals surface area contributed by atoms with Gasteiger partial charge in [0, 0.05) is 12.1 Å². The van der Waals surface area contributed by atoms with Gasteiger partial charge in [-0.3, -0.25) is 0 Å². The van der Waals surface area contributed by atoms with E-state index >= 15 is 0 Å². The molecule has 0 aliphatic carbocycles. The van der Waals surface area contributed by atoms with Crippen molar-refractivity contribution < 1.29 is 4.39 Å². The lowest BCUT2D eigenvalue weighted by Gasteiger charge is -2.03. The molecule has 88 valence electrons. The van der Waals surface area contributed by atoms with Crippen molar-refractivity contribution in [3.63, 3.8) is 0 Å². The van der Waals surface area contributed by atoms with Crippen LogP contribution in [0.3, 0.4) is 0 Å². The van der Waals surface area contributed by atoms with Crippen LogP contribution in [0.25, 0.3) is 11.3 Å². The van der Waals surface area contributed by atoms with E-state index in [4.69, 9.17) is 17.3 Å². The lowest BCUT2D eigenvalue weighted by atomic mass is 10.1. The Morgan fingerprint density at radius 3 is 2.94 bits per heavy atom. The summed E-state index contributed by atoms with van der Waals surface area (Å²) >= 11 is 5.62. The van der Waals surface area contributed by atoms with Crippen LogP contribution in [0.1, 0.15) is 0 Å². The molecule has 0 unspecified atom stereocenters. The fraction of sp³-hybridized carbons (Fsp3) is 0.0833. The van der Waals surface area contributed by atoms with Crippen LogP contribution < -0.4 is 5.73 Å². The van der Waals surface area contributed by atoms with Gasteiger partial charge in [-0.05, 0) is 12.1 Å². The van der Waals surface area contributed by atoms with Crippen molar-refractivity contribution in [2.45, 2.75) is 6.54 Å². The number of hydrogen-bond donors (Lipinski definition) is 1. The molecule has 3 nitrogen and oxygen atoms in total. The molecule has 0 spiro atoms. The van der Waals surface area contributed by atoms with E-state index in [0.717, 1.165) is 0 Å². The first-order valence-corrected chi connectivity index (χ1v) is 5.38. The van der Waals surface area contributed by atoms with E-state index in [-0.39, 0.29) is 5.02 Å². The third-order valence-corrected chi connectivity index (χ3v) is 2.70. The predicted octanol–water partition coefficient (Wildman–Crippen LogP) is 3.11. The third kappa shape index (κ3) is 2.17. The van der Waals surface area contributed by atoms with Gasteiger partial charge in [0.05, 0.1) is 11.3 Å². The summed E-state index contributed by atoms with van der Waals surface area (Å²) in [6.45, 7) is 4.19. The highest BCUT2D eigenvalue weighted by Crippen LogP contribution is 2.27. The number of anilines is 1. The standard InChI is InChI=1S/C12H11ClFN3/c1-2-5-17-7-16-11(12(17)15)8-3-4-9(13)10(14)6-8/h2-4,6-7H,1,5,15H2. The van der Waals surface area contributed by atoms with Gasteiger partial charge in [-0.15, -0.1) is 6.58 Å². The SMILES string of the molecule is C=CCn1cnc(-c2ccc(Cl)c(F)c2)c1N. The first-order chi connectivity index (χ1) is 8.13. The Hall–Kier alpha value is -1.81. The number of aromatic nitrogens is 2. The number of allylic oxidation sites excluding steroid dienone is 1. The zero-order valence-electron chi connectivity index (χ0n) is 9.03. The minimum absolute atomic E-state index is 0.0813. The van der Waals surface area contributed by atoms with Gasteiger partial charge >= 0.3 is 0 Å². The second-order valence-electron chi connectivity index (χ2n) is 3.55. The van der Waals surface area contributed by atoms with Crippen LogP contribution in [0.2, 0.25) is 5.02 Å². The second kappa shape index (κ2) is 4.59. The van der Waals surface area contributed by atoms with Gasteiger partial charge in [-0.2, -0.15) is 0 Å². The molecule has 0 aliphatic rings. The number of nitrogens with two attached hydrogens (primary N) is 1. The van der Waals surface area contributed by atoms with Gasteiger partial charge in [-0.25, -0.2) is 9.37 Å². The lowest BCUT2D eigenvalue weighted by Crippen LogP contribution is -2.00. The molecule has 1 aromatic carbocycles. The van der Waals surface area contributed by atoms with E-state index in [9.17, 15) is 4.39 Å². The summed E-state index contributed by atoms with van der Waals surface area (Å²) < 4.78 is 15.1. The van der Waals surface area contributed by atoms with Crippen LogP contribution in [0.4, 0.5) is 10.2 Å². The Balaban J connectivity index is 2.46. The zero-order chi connectivity index (χ0) is 12.4. The van der Waals surface area contributed by atoms with Crippen molar-refractivity contribution in [1.82, 2.24) is 9.55 Å². The van der Waals surface area contributed by atoms with Crippen molar-refractivity contribution in [2.75, 3.05) is 5.73 Å². The maximum atomic E-state index is 13.3.